The van der Waals surface area contributed by atoms with Crippen molar-refractivity contribution in [3.8, 4) is 17.0 Å². The van der Waals surface area contributed by atoms with Gasteiger partial charge >= 0.3 is 6.03 Å². The molecular formula is C42H51FN10O5. The number of rotatable bonds is 5. The van der Waals surface area contributed by atoms with Gasteiger partial charge in [-0.15, -0.1) is 10.2 Å². The number of phenols is 1. The number of urea groups is 1. The van der Waals surface area contributed by atoms with Crippen molar-refractivity contribution in [3.05, 3.63) is 59.4 Å². The number of imide groups is 1. The molecule has 6 aliphatic rings. The number of fused-ring (bicyclic) bond motifs is 4. The van der Waals surface area contributed by atoms with Crippen LogP contribution >= 0.6 is 0 Å². The van der Waals surface area contributed by atoms with Gasteiger partial charge in [-0.3, -0.25) is 24.6 Å². The Labute approximate surface area is 337 Å². The fraction of sp³-hybridized carbons (Fsp3) is 0.524. The topological polar surface area (TPSA) is 158 Å². The van der Waals surface area contributed by atoms with Crippen LogP contribution in [0.5, 0.6) is 5.75 Å². The van der Waals surface area contributed by atoms with Crippen LogP contribution in [0.25, 0.3) is 11.3 Å². The molecule has 7 heterocycles. The molecule has 1 unspecified atom stereocenters. The Balaban J connectivity index is 0.783. The summed E-state index contributed by atoms with van der Waals surface area (Å²) >= 11 is 0. The highest BCUT2D eigenvalue weighted by molar-refractivity contribution is 6.05. The van der Waals surface area contributed by atoms with Crippen molar-refractivity contribution < 1.29 is 28.7 Å². The number of halogens is 1. The average molecular weight is 795 g/mol. The number of amides is 5. The van der Waals surface area contributed by atoms with Crippen LogP contribution in [0.15, 0.2) is 42.5 Å². The Bertz CT molecular complexity index is 2180. The van der Waals surface area contributed by atoms with E-state index in [0.29, 0.717) is 68.7 Å². The standard InChI is InChI=1S/C42H51FN10O5/c1-41(2)24-48(21-26-11-13-49(14-12-26)28-8-7-27-22-51(39(57)30(27)19-28)33-9-10-35(54)45-38(33)56)15-17-53(41)40(58)50-16-18-52-34-20-32(29-5-4-6-31(43)36(29)55)46-47-37(34)44-23-42(52,3)25-50/h4-8,19-20,26,33,55H,9-18,21-25H2,1-3H3,(H,44,47)(H,45,54,56)/t33?,42-/m0/s1. The lowest BCUT2D eigenvalue weighted by Gasteiger charge is -2.55. The number of phenolic OH excluding ortho intramolecular Hbond substituents is 1. The molecule has 58 heavy (non-hydrogen) atoms. The fourth-order valence-electron chi connectivity index (χ4n) is 10.0. The second-order valence-electron chi connectivity index (χ2n) is 17.7. The second kappa shape index (κ2) is 14.4. The molecule has 9 rings (SSSR count). The zero-order valence-electron chi connectivity index (χ0n) is 33.3. The fourth-order valence-corrected chi connectivity index (χ4v) is 10.0. The predicted molar refractivity (Wildman–Crippen MR) is 215 cm³/mol. The number of carbonyl (C=O) groups is 4. The third kappa shape index (κ3) is 6.74. The van der Waals surface area contributed by atoms with Crippen LogP contribution < -0.4 is 20.4 Å². The van der Waals surface area contributed by atoms with Crippen molar-refractivity contribution in [2.45, 2.75) is 70.1 Å². The van der Waals surface area contributed by atoms with Crippen molar-refractivity contribution in [1.82, 2.24) is 35.1 Å². The Morgan fingerprint density at radius 2 is 1.74 bits per heavy atom. The SMILES string of the molecule is CC1(C)CN(CC2CCN(c3ccc4c(c3)C(=O)N(C3CCC(=O)NC3=O)C4)CC2)CCN1C(=O)N1CCN2c3cc(-c4cccc(F)c4O)nnc3NC[C@@]2(C)C1. The van der Waals surface area contributed by atoms with Crippen LogP contribution in [0.3, 0.4) is 0 Å². The minimum atomic E-state index is -0.715. The summed E-state index contributed by atoms with van der Waals surface area (Å²) < 4.78 is 14.2. The monoisotopic (exact) mass is 794 g/mol. The summed E-state index contributed by atoms with van der Waals surface area (Å²) in [7, 11) is 0. The number of aromatic nitrogens is 2. The summed E-state index contributed by atoms with van der Waals surface area (Å²) in [4.78, 5) is 64.6. The number of benzene rings is 2. The summed E-state index contributed by atoms with van der Waals surface area (Å²) in [5.74, 6) is -0.853. The molecule has 0 spiro atoms. The van der Waals surface area contributed by atoms with Gasteiger partial charge in [-0.05, 0) is 81.8 Å². The van der Waals surface area contributed by atoms with Gasteiger partial charge in [-0.1, -0.05) is 12.1 Å². The number of piperazine rings is 2. The molecule has 2 aromatic carbocycles. The first-order valence-corrected chi connectivity index (χ1v) is 20.5. The number of para-hydroxylation sites is 1. The van der Waals surface area contributed by atoms with Crippen molar-refractivity contribution in [1.29, 1.82) is 0 Å². The summed E-state index contributed by atoms with van der Waals surface area (Å²) in [5, 5.41) is 24.8. The number of anilines is 3. The minimum Gasteiger partial charge on any atom is -0.504 e. The largest absolute Gasteiger partial charge is 0.504 e. The number of carbonyl (C=O) groups excluding carboxylic acids is 4. The molecule has 0 aliphatic carbocycles. The smallest absolute Gasteiger partial charge is 0.320 e. The summed E-state index contributed by atoms with van der Waals surface area (Å²) in [6, 6.07) is 11.7. The summed E-state index contributed by atoms with van der Waals surface area (Å²) in [6.07, 6.45) is 2.65. The van der Waals surface area contributed by atoms with E-state index in [1.54, 1.807) is 11.0 Å². The third-order valence-corrected chi connectivity index (χ3v) is 13.2. The van der Waals surface area contributed by atoms with E-state index in [9.17, 15) is 28.7 Å². The first kappa shape index (κ1) is 38.0. The molecule has 6 aliphatic heterocycles. The molecule has 3 N–H and O–H groups in total. The van der Waals surface area contributed by atoms with Gasteiger partial charge < -0.3 is 34.9 Å². The first-order valence-electron chi connectivity index (χ1n) is 20.5. The van der Waals surface area contributed by atoms with Crippen molar-refractivity contribution in [2.24, 2.45) is 5.92 Å². The maximum absolute atomic E-state index is 14.3. The molecule has 4 saturated heterocycles. The number of nitrogens with zero attached hydrogens (tertiary/aromatic N) is 8. The third-order valence-electron chi connectivity index (χ3n) is 13.2. The van der Waals surface area contributed by atoms with Crippen molar-refractivity contribution in [2.75, 3.05) is 80.6 Å². The van der Waals surface area contributed by atoms with E-state index in [2.05, 4.69) is 62.4 Å². The molecule has 0 radical (unpaired) electrons. The Hall–Kier alpha value is -5.51. The van der Waals surface area contributed by atoms with Gasteiger partial charge in [0.1, 0.15) is 6.04 Å². The molecule has 2 atom stereocenters. The molecule has 15 nitrogen and oxygen atoms in total. The molecule has 306 valence electrons. The van der Waals surface area contributed by atoms with Gasteiger partial charge in [0.05, 0.1) is 22.5 Å². The van der Waals surface area contributed by atoms with E-state index >= 15 is 0 Å². The minimum absolute atomic E-state index is 0.0518. The predicted octanol–water partition coefficient (Wildman–Crippen LogP) is 3.49. The molecule has 0 saturated carbocycles. The van der Waals surface area contributed by atoms with Crippen molar-refractivity contribution >= 4 is 40.9 Å². The normalized spacial score (nSPS) is 24.9. The lowest BCUT2D eigenvalue weighted by molar-refractivity contribution is -0.136. The van der Waals surface area contributed by atoms with Gasteiger partial charge in [0.25, 0.3) is 5.91 Å². The van der Waals surface area contributed by atoms with Crippen molar-refractivity contribution in [3.63, 3.8) is 0 Å². The molecule has 1 aromatic heterocycles. The molecule has 0 bridgehead atoms. The van der Waals surface area contributed by atoms with E-state index in [1.165, 1.54) is 12.1 Å². The molecular weight excluding hydrogens is 744 g/mol. The Morgan fingerprint density at radius 1 is 0.931 bits per heavy atom. The number of nitrogens with one attached hydrogen (secondary N) is 2. The van der Waals surface area contributed by atoms with E-state index in [0.717, 1.165) is 62.5 Å². The van der Waals surface area contributed by atoms with Crippen LogP contribution in [0.2, 0.25) is 0 Å². The zero-order valence-corrected chi connectivity index (χ0v) is 33.3. The van der Waals surface area contributed by atoms with E-state index in [-0.39, 0.29) is 35.4 Å². The van der Waals surface area contributed by atoms with Crippen LogP contribution in [-0.4, -0.2) is 141 Å². The number of hydrogen-bond donors (Lipinski definition) is 3. The van der Waals surface area contributed by atoms with Gasteiger partial charge in [0.2, 0.25) is 11.8 Å². The summed E-state index contributed by atoms with van der Waals surface area (Å²) in [6.45, 7) is 14.1. The lowest BCUT2D eigenvalue weighted by atomic mass is 9.92. The highest BCUT2D eigenvalue weighted by Gasteiger charge is 2.47. The van der Waals surface area contributed by atoms with Crippen LogP contribution in [0, 0.1) is 11.7 Å². The molecule has 16 heteroatoms. The number of hydrogen-bond acceptors (Lipinski definition) is 11. The average Bonchev–Trinajstić information content (AvgIpc) is 3.52. The van der Waals surface area contributed by atoms with Crippen LogP contribution in [0.1, 0.15) is 62.4 Å². The van der Waals surface area contributed by atoms with Gasteiger partial charge in [0, 0.05) is 95.2 Å². The lowest BCUT2D eigenvalue weighted by Crippen LogP contribution is -2.70. The maximum Gasteiger partial charge on any atom is 0.320 e. The highest BCUT2D eigenvalue weighted by Crippen LogP contribution is 2.41. The van der Waals surface area contributed by atoms with Crippen LogP contribution in [0.4, 0.5) is 26.4 Å². The Kier molecular flexibility index (Phi) is 9.44. The number of piperidine rings is 2. The second-order valence-corrected chi connectivity index (χ2v) is 17.7. The first-order chi connectivity index (χ1) is 27.8. The van der Waals surface area contributed by atoms with Gasteiger partial charge in [-0.2, -0.15) is 0 Å². The summed E-state index contributed by atoms with van der Waals surface area (Å²) in [5.41, 5.74) is 3.27. The quantitative estimate of drug-likeness (QED) is 0.325. The van der Waals surface area contributed by atoms with E-state index in [4.69, 9.17) is 0 Å². The Morgan fingerprint density at radius 3 is 2.52 bits per heavy atom. The zero-order chi connectivity index (χ0) is 40.5. The van der Waals surface area contributed by atoms with E-state index in [1.807, 2.05) is 28.0 Å². The number of aromatic hydroxyl groups is 1. The van der Waals surface area contributed by atoms with Crippen LogP contribution in [-0.2, 0) is 16.1 Å². The molecule has 4 fully saturated rings. The molecule has 5 amide bonds. The van der Waals surface area contributed by atoms with Gasteiger partial charge in [-0.25, -0.2) is 9.18 Å². The molecule has 3 aromatic rings. The van der Waals surface area contributed by atoms with Gasteiger partial charge in [0.15, 0.2) is 17.4 Å². The highest BCUT2D eigenvalue weighted by atomic mass is 19.1. The maximum atomic E-state index is 14.3. The van der Waals surface area contributed by atoms with E-state index < -0.39 is 29.1 Å².